The maximum Gasteiger partial charge on any atom is 0.0713 e. The number of nitrogens with one attached hydrogen (secondary N) is 1. The summed E-state index contributed by atoms with van der Waals surface area (Å²) < 4.78 is 5.25. The van der Waals surface area contributed by atoms with E-state index in [0.717, 1.165) is 6.61 Å². The van der Waals surface area contributed by atoms with Gasteiger partial charge in [-0.3, -0.25) is 0 Å². The molecule has 1 aromatic carbocycles. The van der Waals surface area contributed by atoms with Crippen molar-refractivity contribution in [3.63, 3.8) is 0 Å². The molecule has 1 heterocycles. The van der Waals surface area contributed by atoms with E-state index in [0.29, 0.717) is 11.5 Å². The van der Waals surface area contributed by atoms with E-state index in [1.165, 1.54) is 43.4 Å². The standard InChI is InChI=1S/C16H23NO/c1-3-16-7-4-8-17-15(16)14-9-12(11-18-2)5-6-13(14)10-16/h5-6,9,15,17H,3-4,7-8,10-11H2,1-2H3. The normalized spacial score (nSPS) is 30.0. The van der Waals surface area contributed by atoms with Crippen molar-refractivity contribution in [2.75, 3.05) is 13.7 Å². The molecule has 0 spiro atoms. The summed E-state index contributed by atoms with van der Waals surface area (Å²) in [5.74, 6) is 0. The largest absolute Gasteiger partial charge is 0.380 e. The minimum absolute atomic E-state index is 0.478. The molecule has 18 heavy (non-hydrogen) atoms. The summed E-state index contributed by atoms with van der Waals surface area (Å²) in [7, 11) is 1.77. The Morgan fingerprint density at radius 1 is 1.44 bits per heavy atom. The molecular formula is C16H23NO. The van der Waals surface area contributed by atoms with Crippen LogP contribution in [-0.4, -0.2) is 13.7 Å². The van der Waals surface area contributed by atoms with Crippen LogP contribution in [0.2, 0.25) is 0 Å². The predicted molar refractivity (Wildman–Crippen MR) is 73.6 cm³/mol. The molecule has 2 atom stereocenters. The highest BCUT2D eigenvalue weighted by atomic mass is 16.5. The van der Waals surface area contributed by atoms with Crippen LogP contribution in [-0.2, 0) is 17.8 Å². The summed E-state index contributed by atoms with van der Waals surface area (Å²) >= 11 is 0. The monoisotopic (exact) mass is 245 g/mol. The van der Waals surface area contributed by atoms with E-state index < -0.39 is 0 Å². The summed E-state index contributed by atoms with van der Waals surface area (Å²) in [4.78, 5) is 0. The number of rotatable bonds is 3. The van der Waals surface area contributed by atoms with Crippen LogP contribution in [0.15, 0.2) is 18.2 Å². The highest BCUT2D eigenvalue weighted by Crippen LogP contribution is 2.52. The third-order valence-corrected chi connectivity index (χ3v) is 4.89. The van der Waals surface area contributed by atoms with Crippen molar-refractivity contribution in [3.05, 3.63) is 34.9 Å². The number of ether oxygens (including phenoxy) is 1. The van der Waals surface area contributed by atoms with Gasteiger partial charge in [0.05, 0.1) is 6.61 Å². The van der Waals surface area contributed by atoms with E-state index in [1.807, 2.05) is 0 Å². The molecule has 0 radical (unpaired) electrons. The molecule has 1 aliphatic carbocycles. The molecule has 1 fully saturated rings. The number of hydrogen-bond donors (Lipinski definition) is 1. The molecule has 1 aromatic rings. The number of benzene rings is 1. The smallest absolute Gasteiger partial charge is 0.0713 e. The Bertz CT molecular complexity index is 443. The van der Waals surface area contributed by atoms with Gasteiger partial charge in [-0.15, -0.1) is 0 Å². The molecule has 1 saturated heterocycles. The van der Waals surface area contributed by atoms with Crippen LogP contribution in [0, 0.1) is 5.41 Å². The molecule has 0 aromatic heterocycles. The Kier molecular flexibility index (Phi) is 3.16. The lowest BCUT2D eigenvalue weighted by Crippen LogP contribution is -2.40. The van der Waals surface area contributed by atoms with Crippen molar-refractivity contribution in [2.45, 2.75) is 45.3 Å². The molecule has 2 heteroatoms. The zero-order valence-electron chi connectivity index (χ0n) is 11.5. The first kappa shape index (κ1) is 12.2. The lowest BCUT2D eigenvalue weighted by molar-refractivity contribution is 0.146. The van der Waals surface area contributed by atoms with Crippen LogP contribution in [0.4, 0.5) is 0 Å². The topological polar surface area (TPSA) is 21.3 Å². The Hall–Kier alpha value is -0.860. The average Bonchev–Trinajstić information content (AvgIpc) is 2.74. The third-order valence-electron chi connectivity index (χ3n) is 4.89. The zero-order chi connectivity index (χ0) is 12.6. The minimum Gasteiger partial charge on any atom is -0.380 e. The molecule has 2 nitrogen and oxygen atoms in total. The van der Waals surface area contributed by atoms with Gasteiger partial charge in [0.2, 0.25) is 0 Å². The second kappa shape index (κ2) is 4.67. The van der Waals surface area contributed by atoms with Crippen LogP contribution in [0.1, 0.15) is 48.9 Å². The van der Waals surface area contributed by atoms with Gasteiger partial charge in [0.25, 0.3) is 0 Å². The summed E-state index contributed by atoms with van der Waals surface area (Å²) in [6.45, 7) is 4.24. The van der Waals surface area contributed by atoms with Crippen LogP contribution in [0.25, 0.3) is 0 Å². The van der Waals surface area contributed by atoms with Crippen LogP contribution in [0.5, 0.6) is 0 Å². The van der Waals surface area contributed by atoms with Crippen molar-refractivity contribution in [3.8, 4) is 0 Å². The zero-order valence-corrected chi connectivity index (χ0v) is 11.5. The van der Waals surface area contributed by atoms with Crippen molar-refractivity contribution < 1.29 is 4.74 Å². The fourth-order valence-electron chi connectivity index (χ4n) is 3.89. The Morgan fingerprint density at radius 2 is 2.33 bits per heavy atom. The molecule has 2 unspecified atom stereocenters. The highest BCUT2D eigenvalue weighted by Gasteiger charge is 2.45. The summed E-state index contributed by atoms with van der Waals surface area (Å²) in [6.07, 6.45) is 5.22. The molecule has 0 saturated carbocycles. The van der Waals surface area contributed by atoms with E-state index in [-0.39, 0.29) is 0 Å². The minimum atomic E-state index is 0.478. The maximum atomic E-state index is 5.25. The van der Waals surface area contributed by atoms with Crippen molar-refractivity contribution in [1.82, 2.24) is 5.32 Å². The molecule has 98 valence electrons. The van der Waals surface area contributed by atoms with Gasteiger partial charge in [-0.25, -0.2) is 0 Å². The van der Waals surface area contributed by atoms with E-state index in [9.17, 15) is 0 Å². The summed E-state index contributed by atoms with van der Waals surface area (Å²) in [5, 5.41) is 3.76. The maximum absolute atomic E-state index is 5.25. The van der Waals surface area contributed by atoms with Gasteiger partial charge in [0.15, 0.2) is 0 Å². The van der Waals surface area contributed by atoms with Crippen LogP contribution < -0.4 is 5.32 Å². The van der Waals surface area contributed by atoms with Crippen molar-refractivity contribution >= 4 is 0 Å². The summed E-state index contributed by atoms with van der Waals surface area (Å²) in [6, 6.07) is 7.48. The first-order valence-electron chi connectivity index (χ1n) is 7.13. The highest BCUT2D eigenvalue weighted by molar-refractivity contribution is 5.41. The van der Waals surface area contributed by atoms with Gasteiger partial charge in [-0.05, 0) is 54.3 Å². The molecule has 1 N–H and O–H groups in total. The summed E-state index contributed by atoms with van der Waals surface area (Å²) in [5.41, 5.74) is 4.87. The van der Waals surface area contributed by atoms with Crippen molar-refractivity contribution in [1.29, 1.82) is 0 Å². The van der Waals surface area contributed by atoms with E-state index in [1.54, 1.807) is 12.7 Å². The molecular weight excluding hydrogens is 222 g/mol. The van der Waals surface area contributed by atoms with Crippen molar-refractivity contribution in [2.24, 2.45) is 5.41 Å². The fourth-order valence-corrected chi connectivity index (χ4v) is 3.89. The lowest BCUT2D eigenvalue weighted by atomic mass is 9.72. The average molecular weight is 245 g/mol. The number of piperidine rings is 1. The van der Waals surface area contributed by atoms with Gasteiger partial charge < -0.3 is 10.1 Å². The fraction of sp³-hybridized carbons (Fsp3) is 0.625. The molecule has 1 aliphatic heterocycles. The number of hydrogen-bond acceptors (Lipinski definition) is 2. The first-order chi connectivity index (χ1) is 8.79. The SMILES string of the molecule is CCC12CCCNC1c1cc(COC)ccc1C2. The second-order valence-corrected chi connectivity index (χ2v) is 5.85. The van der Waals surface area contributed by atoms with Gasteiger partial charge in [-0.1, -0.05) is 25.1 Å². The molecule has 0 amide bonds. The Labute approximate surface area is 110 Å². The quantitative estimate of drug-likeness (QED) is 0.883. The predicted octanol–water partition coefficient (Wildman–Crippen LogP) is 3.21. The van der Waals surface area contributed by atoms with E-state index >= 15 is 0 Å². The molecule has 0 bridgehead atoms. The Morgan fingerprint density at radius 3 is 3.11 bits per heavy atom. The molecule has 2 aliphatic rings. The van der Waals surface area contributed by atoms with Gasteiger partial charge in [-0.2, -0.15) is 0 Å². The third kappa shape index (κ3) is 1.79. The lowest BCUT2D eigenvalue weighted by Gasteiger charge is -2.40. The second-order valence-electron chi connectivity index (χ2n) is 5.85. The first-order valence-corrected chi connectivity index (χ1v) is 7.13. The number of fused-ring (bicyclic) bond motifs is 3. The Balaban J connectivity index is 1.97. The van der Waals surface area contributed by atoms with E-state index in [2.05, 4.69) is 30.4 Å². The van der Waals surface area contributed by atoms with Crippen LogP contribution >= 0.6 is 0 Å². The number of methoxy groups -OCH3 is 1. The van der Waals surface area contributed by atoms with Gasteiger partial charge in [0.1, 0.15) is 0 Å². The van der Waals surface area contributed by atoms with E-state index in [4.69, 9.17) is 4.74 Å². The van der Waals surface area contributed by atoms with Gasteiger partial charge in [0, 0.05) is 13.2 Å². The van der Waals surface area contributed by atoms with Crippen LogP contribution in [0.3, 0.4) is 0 Å². The van der Waals surface area contributed by atoms with Gasteiger partial charge >= 0.3 is 0 Å². The molecule has 3 rings (SSSR count).